The molecule has 0 saturated carbocycles. The Kier molecular flexibility index (Phi) is 8.18. The maximum atomic E-state index is 12.0. The van der Waals surface area contributed by atoms with E-state index in [0.717, 1.165) is 25.0 Å². The van der Waals surface area contributed by atoms with Crippen LogP contribution < -0.4 is 11.1 Å². The standard InChI is InChI=1S/C17H24N2O2/c1-14(2)21-12-4-3-11-19-17(20)16-9-5-7-15(13-16)8-6-10-18/h5,7,9,13-14H,3-4,10-12,18H2,1-2H3,(H,19,20). The van der Waals surface area contributed by atoms with Crippen molar-refractivity contribution in [3.63, 3.8) is 0 Å². The van der Waals surface area contributed by atoms with Gasteiger partial charge in [-0.2, -0.15) is 0 Å². The Morgan fingerprint density at radius 3 is 2.90 bits per heavy atom. The van der Waals surface area contributed by atoms with Crippen LogP contribution >= 0.6 is 0 Å². The van der Waals surface area contributed by atoms with Gasteiger partial charge in [-0.05, 0) is 44.9 Å². The minimum atomic E-state index is -0.0730. The minimum absolute atomic E-state index is 0.0730. The van der Waals surface area contributed by atoms with E-state index in [1.807, 2.05) is 26.0 Å². The van der Waals surface area contributed by atoms with E-state index < -0.39 is 0 Å². The molecule has 0 aliphatic rings. The van der Waals surface area contributed by atoms with E-state index in [-0.39, 0.29) is 12.0 Å². The predicted molar refractivity (Wildman–Crippen MR) is 85.0 cm³/mol. The average Bonchev–Trinajstić information content (AvgIpc) is 2.48. The van der Waals surface area contributed by atoms with Crippen LogP contribution in [0, 0.1) is 11.8 Å². The van der Waals surface area contributed by atoms with Gasteiger partial charge in [-0.25, -0.2) is 0 Å². The van der Waals surface area contributed by atoms with E-state index in [9.17, 15) is 4.79 Å². The molecule has 0 atom stereocenters. The Morgan fingerprint density at radius 2 is 2.19 bits per heavy atom. The summed E-state index contributed by atoms with van der Waals surface area (Å²) >= 11 is 0. The number of benzene rings is 1. The summed E-state index contributed by atoms with van der Waals surface area (Å²) in [6.45, 7) is 5.73. The van der Waals surface area contributed by atoms with Crippen molar-refractivity contribution in [2.45, 2.75) is 32.8 Å². The van der Waals surface area contributed by atoms with E-state index in [2.05, 4.69) is 17.2 Å². The summed E-state index contributed by atoms with van der Waals surface area (Å²) in [6.07, 6.45) is 2.11. The highest BCUT2D eigenvalue weighted by atomic mass is 16.5. The van der Waals surface area contributed by atoms with E-state index in [1.165, 1.54) is 0 Å². The molecule has 1 aromatic rings. The van der Waals surface area contributed by atoms with Crippen LogP contribution in [-0.4, -0.2) is 31.7 Å². The first-order valence-corrected chi connectivity index (χ1v) is 7.32. The average molecular weight is 288 g/mol. The van der Waals surface area contributed by atoms with Gasteiger partial charge in [-0.15, -0.1) is 0 Å². The number of ether oxygens (including phenoxy) is 1. The third-order valence-corrected chi connectivity index (χ3v) is 2.77. The van der Waals surface area contributed by atoms with Crippen LogP contribution in [0.15, 0.2) is 24.3 Å². The molecule has 114 valence electrons. The van der Waals surface area contributed by atoms with Crippen molar-refractivity contribution >= 4 is 5.91 Å². The minimum Gasteiger partial charge on any atom is -0.379 e. The first-order chi connectivity index (χ1) is 10.1. The third-order valence-electron chi connectivity index (χ3n) is 2.77. The Morgan fingerprint density at radius 1 is 1.38 bits per heavy atom. The van der Waals surface area contributed by atoms with Gasteiger partial charge >= 0.3 is 0 Å². The molecule has 1 rings (SSSR count). The van der Waals surface area contributed by atoms with Gasteiger partial charge in [0.2, 0.25) is 0 Å². The summed E-state index contributed by atoms with van der Waals surface area (Å²) in [5.41, 5.74) is 6.76. The predicted octanol–water partition coefficient (Wildman–Crippen LogP) is 1.93. The van der Waals surface area contributed by atoms with Crippen LogP contribution in [0.3, 0.4) is 0 Å². The summed E-state index contributed by atoms with van der Waals surface area (Å²) in [7, 11) is 0. The fourth-order valence-electron chi connectivity index (χ4n) is 1.74. The molecule has 0 bridgehead atoms. The van der Waals surface area contributed by atoms with E-state index in [1.54, 1.807) is 12.1 Å². The quantitative estimate of drug-likeness (QED) is 0.595. The SMILES string of the molecule is CC(C)OCCCCNC(=O)c1cccc(C#CCN)c1. The molecule has 3 N–H and O–H groups in total. The van der Waals surface area contributed by atoms with Crippen molar-refractivity contribution in [3.05, 3.63) is 35.4 Å². The van der Waals surface area contributed by atoms with Gasteiger partial charge in [0.05, 0.1) is 12.6 Å². The smallest absolute Gasteiger partial charge is 0.251 e. The van der Waals surface area contributed by atoms with E-state index in [4.69, 9.17) is 10.5 Å². The Bertz CT molecular complexity index is 501. The lowest BCUT2D eigenvalue weighted by atomic mass is 10.1. The molecule has 1 amide bonds. The number of carbonyl (C=O) groups is 1. The van der Waals surface area contributed by atoms with Crippen LogP contribution in [0.4, 0.5) is 0 Å². The number of carbonyl (C=O) groups excluding carboxylic acids is 1. The number of rotatable bonds is 7. The molecular formula is C17H24N2O2. The zero-order valence-electron chi connectivity index (χ0n) is 12.8. The van der Waals surface area contributed by atoms with Crippen LogP contribution in [0.25, 0.3) is 0 Å². The lowest BCUT2D eigenvalue weighted by Crippen LogP contribution is -2.24. The summed E-state index contributed by atoms with van der Waals surface area (Å²) < 4.78 is 5.45. The van der Waals surface area contributed by atoms with Crippen LogP contribution in [0.5, 0.6) is 0 Å². The molecule has 0 aliphatic carbocycles. The lowest BCUT2D eigenvalue weighted by Gasteiger charge is -2.08. The van der Waals surface area contributed by atoms with Gasteiger partial charge in [0.15, 0.2) is 0 Å². The first-order valence-electron chi connectivity index (χ1n) is 7.32. The zero-order chi connectivity index (χ0) is 15.5. The van der Waals surface area contributed by atoms with Gasteiger partial charge < -0.3 is 15.8 Å². The molecule has 0 spiro atoms. The zero-order valence-corrected chi connectivity index (χ0v) is 12.8. The summed E-state index contributed by atoms with van der Waals surface area (Å²) in [6, 6.07) is 7.25. The maximum Gasteiger partial charge on any atom is 0.251 e. The van der Waals surface area contributed by atoms with Gasteiger partial charge in [-0.1, -0.05) is 17.9 Å². The monoisotopic (exact) mass is 288 g/mol. The molecule has 21 heavy (non-hydrogen) atoms. The normalized spacial score (nSPS) is 10.1. The van der Waals surface area contributed by atoms with Gasteiger partial charge in [0, 0.05) is 24.3 Å². The van der Waals surface area contributed by atoms with Crippen LogP contribution in [-0.2, 0) is 4.74 Å². The molecule has 4 heteroatoms. The van der Waals surface area contributed by atoms with E-state index >= 15 is 0 Å². The number of nitrogens with two attached hydrogens (primary N) is 1. The fourth-order valence-corrected chi connectivity index (χ4v) is 1.74. The highest BCUT2D eigenvalue weighted by Crippen LogP contribution is 2.04. The molecule has 0 fully saturated rings. The number of hydrogen-bond acceptors (Lipinski definition) is 3. The molecule has 0 radical (unpaired) electrons. The molecular weight excluding hydrogens is 264 g/mol. The molecule has 0 heterocycles. The van der Waals surface area contributed by atoms with Gasteiger partial charge in [0.25, 0.3) is 5.91 Å². The Labute approximate surface area is 127 Å². The van der Waals surface area contributed by atoms with Crippen molar-refractivity contribution in [1.29, 1.82) is 0 Å². The highest BCUT2D eigenvalue weighted by Gasteiger charge is 2.04. The van der Waals surface area contributed by atoms with Gasteiger partial charge in [0.1, 0.15) is 0 Å². The molecule has 0 aliphatic heterocycles. The fraction of sp³-hybridized carbons (Fsp3) is 0.471. The second-order valence-electron chi connectivity index (χ2n) is 4.97. The van der Waals surface area contributed by atoms with Crippen LogP contribution in [0.1, 0.15) is 42.6 Å². The largest absolute Gasteiger partial charge is 0.379 e. The van der Waals surface area contributed by atoms with E-state index in [0.29, 0.717) is 18.7 Å². The Balaban J connectivity index is 2.35. The van der Waals surface area contributed by atoms with Gasteiger partial charge in [-0.3, -0.25) is 4.79 Å². The molecule has 1 aromatic carbocycles. The van der Waals surface area contributed by atoms with Crippen LogP contribution in [0.2, 0.25) is 0 Å². The number of unbranched alkanes of at least 4 members (excludes halogenated alkanes) is 1. The molecule has 0 saturated heterocycles. The van der Waals surface area contributed by atoms with Crippen molar-refractivity contribution in [1.82, 2.24) is 5.32 Å². The van der Waals surface area contributed by atoms with Crippen molar-refractivity contribution in [3.8, 4) is 11.8 Å². The first kappa shape index (κ1) is 17.2. The Hall–Kier alpha value is -1.83. The topological polar surface area (TPSA) is 64.3 Å². The third kappa shape index (κ3) is 7.50. The van der Waals surface area contributed by atoms with Crippen molar-refractivity contribution in [2.75, 3.05) is 19.7 Å². The molecule has 4 nitrogen and oxygen atoms in total. The summed E-state index contributed by atoms with van der Waals surface area (Å²) in [5, 5.41) is 2.90. The summed E-state index contributed by atoms with van der Waals surface area (Å²) in [5.74, 6) is 5.63. The molecule has 0 unspecified atom stereocenters. The second-order valence-corrected chi connectivity index (χ2v) is 4.97. The number of nitrogens with one attached hydrogen (secondary N) is 1. The maximum absolute atomic E-state index is 12.0. The number of amides is 1. The lowest BCUT2D eigenvalue weighted by molar-refractivity contribution is 0.0754. The van der Waals surface area contributed by atoms with Crippen molar-refractivity contribution < 1.29 is 9.53 Å². The molecule has 0 aromatic heterocycles. The summed E-state index contributed by atoms with van der Waals surface area (Å²) in [4.78, 5) is 12.0. The second kappa shape index (κ2) is 9.98. The highest BCUT2D eigenvalue weighted by molar-refractivity contribution is 5.94. The van der Waals surface area contributed by atoms with Crippen molar-refractivity contribution in [2.24, 2.45) is 5.73 Å². The number of hydrogen-bond donors (Lipinski definition) is 2.